The van der Waals surface area contributed by atoms with E-state index in [9.17, 15) is 4.79 Å². The van der Waals surface area contributed by atoms with Gasteiger partial charge in [-0.25, -0.2) is 0 Å². The molecule has 1 unspecified atom stereocenters. The van der Waals surface area contributed by atoms with Crippen molar-refractivity contribution in [2.45, 2.75) is 33.4 Å². The van der Waals surface area contributed by atoms with Crippen molar-refractivity contribution in [1.82, 2.24) is 14.9 Å². The molecular formula is C19H21N3O2. The summed E-state index contributed by atoms with van der Waals surface area (Å²) < 4.78 is 7.50. The third-order valence-electron chi connectivity index (χ3n) is 4.24. The molecule has 0 fully saturated rings. The second-order valence-electron chi connectivity index (χ2n) is 5.93. The Kier molecular flexibility index (Phi) is 4.51. The molecule has 5 heteroatoms. The van der Waals surface area contributed by atoms with Gasteiger partial charge in [0.25, 0.3) is 5.91 Å². The number of nitrogens with one attached hydrogen (secondary N) is 1. The number of aryl methyl sites for hydroxylation is 1. The van der Waals surface area contributed by atoms with Crippen LogP contribution in [0.15, 0.2) is 53.4 Å². The SMILES string of the molecule is Cc1cc(C(=O)NC(C)c2cccnc2)c(C)n1Cc1ccco1. The summed E-state index contributed by atoms with van der Waals surface area (Å²) in [7, 11) is 0. The van der Waals surface area contributed by atoms with Crippen LogP contribution >= 0.6 is 0 Å². The average molecular weight is 323 g/mol. The van der Waals surface area contributed by atoms with E-state index >= 15 is 0 Å². The number of aromatic nitrogens is 2. The maximum atomic E-state index is 12.6. The minimum Gasteiger partial charge on any atom is -0.467 e. The van der Waals surface area contributed by atoms with Gasteiger partial charge in [-0.3, -0.25) is 9.78 Å². The molecule has 3 heterocycles. The molecule has 0 aliphatic rings. The molecule has 0 aromatic carbocycles. The smallest absolute Gasteiger partial charge is 0.253 e. The predicted octanol–water partition coefficient (Wildman–Crippen LogP) is 3.63. The van der Waals surface area contributed by atoms with E-state index in [0.717, 1.165) is 22.7 Å². The Labute approximate surface area is 141 Å². The summed E-state index contributed by atoms with van der Waals surface area (Å²) in [5, 5.41) is 3.04. The first kappa shape index (κ1) is 16.1. The molecule has 0 radical (unpaired) electrons. The van der Waals surface area contributed by atoms with Crippen LogP contribution in [0.4, 0.5) is 0 Å². The number of hydrogen-bond donors (Lipinski definition) is 1. The molecule has 1 amide bonds. The molecule has 5 nitrogen and oxygen atoms in total. The maximum Gasteiger partial charge on any atom is 0.253 e. The highest BCUT2D eigenvalue weighted by atomic mass is 16.3. The molecule has 0 aliphatic heterocycles. The second kappa shape index (κ2) is 6.74. The van der Waals surface area contributed by atoms with Crippen LogP contribution in [0.25, 0.3) is 0 Å². The van der Waals surface area contributed by atoms with Gasteiger partial charge in [0.15, 0.2) is 0 Å². The lowest BCUT2D eigenvalue weighted by molar-refractivity contribution is 0.0939. The summed E-state index contributed by atoms with van der Waals surface area (Å²) in [5.74, 6) is 0.789. The van der Waals surface area contributed by atoms with Gasteiger partial charge in [0.2, 0.25) is 0 Å². The highest BCUT2D eigenvalue weighted by Crippen LogP contribution is 2.19. The third kappa shape index (κ3) is 3.25. The molecule has 24 heavy (non-hydrogen) atoms. The first-order valence-corrected chi connectivity index (χ1v) is 7.96. The van der Waals surface area contributed by atoms with E-state index in [-0.39, 0.29) is 11.9 Å². The normalized spacial score (nSPS) is 12.1. The van der Waals surface area contributed by atoms with Crippen LogP contribution in [-0.4, -0.2) is 15.5 Å². The van der Waals surface area contributed by atoms with Crippen molar-refractivity contribution in [3.63, 3.8) is 0 Å². The molecular weight excluding hydrogens is 302 g/mol. The lowest BCUT2D eigenvalue weighted by Gasteiger charge is -2.14. The predicted molar refractivity (Wildman–Crippen MR) is 91.8 cm³/mol. The summed E-state index contributed by atoms with van der Waals surface area (Å²) in [6, 6.07) is 9.45. The zero-order chi connectivity index (χ0) is 17.1. The van der Waals surface area contributed by atoms with Crippen molar-refractivity contribution < 1.29 is 9.21 Å². The van der Waals surface area contributed by atoms with Crippen molar-refractivity contribution >= 4 is 5.91 Å². The molecule has 3 aromatic heterocycles. The van der Waals surface area contributed by atoms with Crippen LogP contribution in [0.2, 0.25) is 0 Å². The monoisotopic (exact) mass is 323 g/mol. The van der Waals surface area contributed by atoms with Crippen LogP contribution in [0, 0.1) is 13.8 Å². The van der Waals surface area contributed by atoms with Gasteiger partial charge in [0.1, 0.15) is 5.76 Å². The highest BCUT2D eigenvalue weighted by molar-refractivity contribution is 5.96. The second-order valence-corrected chi connectivity index (χ2v) is 5.93. The standard InChI is InChI=1S/C19H21N3O2/c1-13-10-18(15(3)22(13)12-17-7-5-9-24-17)19(23)21-14(2)16-6-4-8-20-11-16/h4-11,14H,12H2,1-3H3,(H,21,23). The van der Waals surface area contributed by atoms with E-state index in [1.54, 1.807) is 18.7 Å². The molecule has 0 saturated carbocycles. The lowest BCUT2D eigenvalue weighted by atomic mass is 10.1. The number of rotatable bonds is 5. The van der Waals surface area contributed by atoms with Gasteiger partial charge in [0, 0.05) is 23.8 Å². The fourth-order valence-corrected chi connectivity index (χ4v) is 2.82. The van der Waals surface area contributed by atoms with Crippen LogP contribution in [0.1, 0.15) is 46.0 Å². The summed E-state index contributed by atoms with van der Waals surface area (Å²) in [6.07, 6.45) is 5.15. The van der Waals surface area contributed by atoms with Crippen molar-refractivity contribution in [3.8, 4) is 0 Å². The summed E-state index contributed by atoms with van der Waals surface area (Å²) in [4.78, 5) is 16.7. The van der Waals surface area contributed by atoms with E-state index in [2.05, 4.69) is 14.9 Å². The molecule has 0 aliphatic carbocycles. The van der Waals surface area contributed by atoms with Gasteiger partial charge in [0.05, 0.1) is 24.4 Å². The van der Waals surface area contributed by atoms with Gasteiger partial charge in [-0.05, 0) is 50.6 Å². The number of pyridine rings is 1. The van der Waals surface area contributed by atoms with Gasteiger partial charge in [-0.1, -0.05) is 6.07 Å². The number of hydrogen-bond acceptors (Lipinski definition) is 3. The largest absolute Gasteiger partial charge is 0.467 e. The Morgan fingerprint density at radius 3 is 2.83 bits per heavy atom. The van der Waals surface area contributed by atoms with Crippen LogP contribution in [0.5, 0.6) is 0 Å². The molecule has 1 atom stereocenters. The molecule has 1 N–H and O–H groups in total. The molecule has 3 rings (SSSR count). The summed E-state index contributed by atoms with van der Waals surface area (Å²) in [6.45, 7) is 6.53. The fraction of sp³-hybridized carbons (Fsp3) is 0.263. The topological polar surface area (TPSA) is 60.1 Å². The van der Waals surface area contributed by atoms with Gasteiger partial charge < -0.3 is 14.3 Å². The third-order valence-corrected chi connectivity index (χ3v) is 4.24. The highest BCUT2D eigenvalue weighted by Gasteiger charge is 2.18. The molecule has 0 bridgehead atoms. The van der Waals surface area contributed by atoms with E-state index < -0.39 is 0 Å². The van der Waals surface area contributed by atoms with Gasteiger partial charge >= 0.3 is 0 Å². The first-order valence-electron chi connectivity index (χ1n) is 7.96. The van der Waals surface area contributed by atoms with Crippen molar-refractivity contribution in [2.24, 2.45) is 0 Å². The number of amides is 1. The minimum atomic E-state index is -0.0978. The fourth-order valence-electron chi connectivity index (χ4n) is 2.82. The summed E-state index contributed by atoms with van der Waals surface area (Å²) >= 11 is 0. The number of nitrogens with zero attached hydrogens (tertiary/aromatic N) is 2. The average Bonchev–Trinajstić information content (AvgIpc) is 3.19. The van der Waals surface area contributed by atoms with E-state index in [1.807, 2.05) is 51.1 Å². The molecule has 0 spiro atoms. The Bertz CT molecular complexity index is 820. The van der Waals surface area contributed by atoms with Gasteiger partial charge in [-0.2, -0.15) is 0 Å². The van der Waals surface area contributed by atoms with Crippen molar-refractivity contribution in [3.05, 3.63) is 77.3 Å². The number of furan rings is 1. The van der Waals surface area contributed by atoms with E-state index in [1.165, 1.54) is 0 Å². The molecule has 3 aromatic rings. The Balaban J connectivity index is 1.78. The van der Waals surface area contributed by atoms with Crippen LogP contribution in [-0.2, 0) is 6.54 Å². The van der Waals surface area contributed by atoms with Crippen molar-refractivity contribution in [1.29, 1.82) is 0 Å². The van der Waals surface area contributed by atoms with E-state index in [4.69, 9.17) is 4.42 Å². The van der Waals surface area contributed by atoms with Gasteiger partial charge in [-0.15, -0.1) is 0 Å². The number of carbonyl (C=O) groups is 1. The van der Waals surface area contributed by atoms with Crippen LogP contribution in [0.3, 0.4) is 0 Å². The zero-order valence-electron chi connectivity index (χ0n) is 14.1. The van der Waals surface area contributed by atoms with E-state index in [0.29, 0.717) is 12.1 Å². The minimum absolute atomic E-state index is 0.0786. The molecule has 0 saturated heterocycles. The number of carbonyl (C=O) groups excluding carboxylic acids is 1. The van der Waals surface area contributed by atoms with Crippen molar-refractivity contribution in [2.75, 3.05) is 0 Å². The first-order chi connectivity index (χ1) is 11.6. The Hall–Kier alpha value is -2.82. The summed E-state index contributed by atoms with van der Waals surface area (Å²) in [5.41, 5.74) is 3.63. The van der Waals surface area contributed by atoms with Crippen LogP contribution < -0.4 is 5.32 Å². The Morgan fingerprint density at radius 2 is 2.17 bits per heavy atom. The maximum absolute atomic E-state index is 12.6. The Morgan fingerprint density at radius 1 is 1.33 bits per heavy atom. The lowest BCUT2D eigenvalue weighted by Crippen LogP contribution is -2.27. The zero-order valence-corrected chi connectivity index (χ0v) is 14.1. The quantitative estimate of drug-likeness (QED) is 0.780. The molecule has 124 valence electrons.